The molecule has 1 unspecified atom stereocenters. The van der Waals surface area contributed by atoms with E-state index in [9.17, 15) is 23.1 Å². The number of aliphatic carboxylic acids is 1. The Morgan fingerprint density at radius 2 is 1.57 bits per heavy atom. The summed E-state index contributed by atoms with van der Waals surface area (Å²) in [5, 5.41) is 16.8. The first-order valence-electron chi connectivity index (χ1n) is 15.0. The molecule has 1 aromatic heterocycles. The third-order valence-electron chi connectivity index (χ3n) is 7.55. The van der Waals surface area contributed by atoms with Crippen LogP contribution >= 0.6 is 11.6 Å². The van der Waals surface area contributed by atoms with Crippen LogP contribution in [-0.2, 0) is 14.8 Å². The quantitative estimate of drug-likeness (QED) is 0.119. The van der Waals surface area contributed by atoms with E-state index in [-0.39, 0.29) is 21.2 Å². The minimum Gasteiger partial charge on any atom is -0.481 e. The number of carboxylic acid groups (broad SMARTS) is 1. The monoisotopic (exact) mass is 692 g/mol. The van der Waals surface area contributed by atoms with Crippen molar-refractivity contribution in [2.45, 2.75) is 17.4 Å². The maximum Gasteiger partial charge on any atom is 0.305 e. The van der Waals surface area contributed by atoms with Crippen LogP contribution in [-0.4, -0.2) is 35.2 Å². The predicted molar refractivity (Wildman–Crippen MR) is 187 cm³/mol. The van der Waals surface area contributed by atoms with Gasteiger partial charge in [-0.1, -0.05) is 72.3 Å². The summed E-state index contributed by atoms with van der Waals surface area (Å²) in [5.74, 6) is -0.531. The number of sulfonamides is 1. The van der Waals surface area contributed by atoms with Crippen LogP contribution in [0.5, 0.6) is 11.5 Å². The molecule has 6 aromatic rings. The second-order valence-corrected chi connectivity index (χ2v) is 13.0. The van der Waals surface area contributed by atoms with Crippen LogP contribution in [0, 0.1) is 0 Å². The molecule has 10 nitrogen and oxygen atoms in total. The van der Waals surface area contributed by atoms with Crippen molar-refractivity contribution in [1.29, 1.82) is 0 Å². The largest absolute Gasteiger partial charge is 0.481 e. The average molecular weight is 693 g/mol. The third kappa shape index (κ3) is 7.98. The number of hydrogen-bond acceptors (Lipinski definition) is 6. The van der Waals surface area contributed by atoms with Crippen molar-refractivity contribution in [2.24, 2.45) is 0 Å². The summed E-state index contributed by atoms with van der Waals surface area (Å²) in [7, 11) is -4.13. The smallest absolute Gasteiger partial charge is 0.305 e. The number of carboxylic acids is 1. The molecule has 1 atom stereocenters. The van der Waals surface area contributed by atoms with E-state index in [2.05, 4.69) is 15.1 Å². The van der Waals surface area contributed by atoms with Crippen LogP contribution in [0.15, 0.2) is 145 Å². The normalized spacial score (nSPS) is 11.8. The minimum absolute atomic E-state index is 0.0301. The lowest BCUT2D eigenvalue weighted by Crippen LogP contribution is -2.31. The lowest BCUT2D eigenvalue weighted by molar-refractivity contribution is -0.137. The van der Waals surface area contributed by atoms with Gasteiger partial charge in [-0.15, -0.1) is 0 Å². The number of amides is 1. The molecular weight excluding hydrogens is 664 g/mol. The lowest BCUT2D eigenvalue weighted by atomic mass is 9.98. The molecular formula is C37H29ClN4O6S. The first-order valence-corrected chi connectivity index (χ1v) is 16.9. The van der Waals surface area contributed by atoms with Crippen molar-refractivity contribution < 1.29 is 27.9 Å². The Morgan fingerprint density at radius 3 is 2.27 bits per heavy atom. The number of benzene rings is 5. The summed E-state index contributed by atoms with van der Waals surface area (Å²) >= 11 is 6.22. The van der Waals surface area contributed by atoms with Gasteiger partial charge in [0, 0.05) is 23.0 Å². The van der Waals surface area contributed by atoms with Gasteiger partial charge in [0.15, 0.2) is 0 Å². The van der Waals surface area contributed by atoms with Crippen LogP contribution in [0.3, 0.4) is 0 Å². The van der Waals surface area contributed by atoms with Crippen LogP contribution in [0.2, 0.25) is 5.02 Å². The van der Waals surface area contributed by atoms with Crippen molar-refractivity contribution in [3.63, 3.8) is 0 Å². The molecule has 6 rings (SSSR count). The zero-order valence-corrected chi connectivity index (χ0v) is 27.3. The lowest BCUT2D eigenvalue weighted by Gasteiger charge is -2.20. The molecule has 49 heavy (non-hydrogen) atoms. The predicted octanol–water partition coefficient (Wildman–Crippen LogP) is 7.73. The van der Waals surface area contributed by atoms with Crippen LogP contribution in [0.4, 0.5) is 5.69 Å². The van der Waals surface area contributed by atoms with Crippen LogP contribution in [0.1, 0.15) is 28.4 Å². The fraction of sp³-hybridized carbons (Fsp3) is 0.0541. The van der Waals surface area contributed by atoms with Crippen molar-refractivity contribution in [3.05, 3.63) is 156 Å². The Morgan fingerprint density at radius 1 is 0.857 bits per heavy atom. The summed E-state index contributed by atoms with van der Waals surface area (Å²) in [6, 6.07) is 35.0. The Labute approximate surface area is 287 Å². The Bertz CT molecular complexity index is 2190. The summed E-state index contributed by atoms with van der Waals surface area (Å²) in [6.07, 6.45) is 2.91. The second-order valence-electron chi connectivity index (χ2n) is 10.9. The number of carbonyl (C=O) groups excluding carboxylic acids is 1. The number of rotatable bonds is 12. The molecule has 0 saturated heterocycles. The number of anilines is 1. The van der Waals surface area contributed by atoms with Crippen molar-refractivity contribution in [3.8, 4) is 28.3 Å². The number of ether oxygens (including phenoxy) is 1. The maximum atomic E-state index is 13.7. The first-order chi connectivity index (χ1) is 23.7. The molecule has 3 N–H and O–H groups in total. The van der Waals surface area contributed by atoms with E-state index in [1.54, 1.807) is 47.4 Å². The number of para-hydroxylation sites is 2. The SMILES string of the molecule is O=C(O)CC(NC(=O)c1cc(Cl)ccc1NS(=O)(=O)c1ccc(-n2cccn2)cc1)c1ccc(-c2ccccc2Oc2ccccc2)cc1. The van der Waals surface area contributed by atoms with Crippen molar-refractivity contribution in [1.82, 2.24) is 15.1 Å². The molecule has 5 aromatic carbocycles. The van der Waals surface area contributed by atoms with Crippen molar-refractivity contribution in [2.75, 3.05) is 4.72 Å². The van der Waals surface area contributed by atoms with E-state index in [0.29, 0.717) is 22.7 Å². The molecule has 0 saturated carbocycles. The molecule has 246 valence electrons. The molecule has 0 aliphatic carbocycles. The number of nitrogens with one attached hydrogen (secondary N) is 2. The highest BCUT2D eigenvalue weighted by Crippen LogP contribution is 2.34. The zero-order chi connectivity index (χ0) is 34.4. The fourth-order valence-electron chi connectivity index (χ4n) is 5.16. The van der Waals surface area contributed by atoms with Gasteiger partial charge in [0.1, 0.15) is 11.5 Å². The van der Waals surface area contributed by atoms with Crippen LogP contribution < -0.4 is 14.8 Å². The molecule has 0 aliphatic rings. The van der Waals surface area contributed by atoms with Gasteiger partial charge in [-0.05, 0) is 77.9 Å². The average Bonchev–Trinajstić information content (AvgIpc) is 3.65. The van der Waals surface area contributed by atoms with Gasteiger partial charge in [0.05, 0.1) is 34.3 Å². The highest BCUT2D eigenvalue weighted by molar-refractivity contribution is 7.92. The zero-order valence-electron chi connectivity index (χ0n) is 25.7. The molecule has 12 heteroatoms. The molecule has 0 bridgehead atoms. The molecule has 1 heterocycles. The van der Waals surface area contributed by atoms with E-state index in [4.69, 9.17) is 16.3 Å². The standard InChI is InChI=1S/C37H29ClN4O6S/c38-27-15-20-33(41-49(46,47)30-18-16-28(17-19-30)42-22-6-21-39-42)32(23-27)37(45)40-34(24-36(43)44)26-13-11-25(12-14-26)31-9-4-5-10-35(31)48-29-7-2-1-3-8-29/h1-23,34,41H,24H2,(H,40,45)(H,43,44). The Balaban J connectivity index is 1.23. The van der Waals surface area contributed by atoms with E-state index in [0.717, 1.165) is 11.1 Å². The van der Waals surface area contributed by atoms with E-state index in [1.165, 1.54) is 30.3 Å². The van der Waals surface area contributed by atoms with Gasteiger partial charge in [0.25, 0.3) is 15.9 Å². The molecule has 0 radical (unpaired) electrons. The highest BCUT2D eigenvalue weighted by atomic mass is 35.5. The first kappa shape index (κ1) is 33.0. The maximum absolute atomic E-state index is 13.7. The fourth-order valence-corrected chi connectivity index (χ4v) is 6.42. The Kier molecular flexibility index (Phi) is 9.74. The van der Waals surface area contributed by atoms with Gasteiger partial charge >= 0.3 is 5.97 Å². The van der Waals surface area contributed by atoms with Crippen LogP contribution in [0.25, 0.3) is 16.8 Å². The van der Waals surface area contributed by atoms with Crippen molar-refractivity contribution >= 4 is 39.2 Å². The number of halogens is 1. The molecule has 0 spiro atoms. The molecule has 0 aliphatic heterocycles. The van der Waals surface area contributed by atoms with Gasteiger partial charge in [-0.3, -0.25) is 14.3 Å². The van der Waals surface area contributed by atoms with E-state index < -0.39 is 34.4 Å². The number of hydrogen-bond donors (Lipinski definition) is 3. The molecule has 0 fully saturated rings. The van der Waals surface area contributed by atoms with E-state index in [1.807, 2.05) is 66.7 Å². The van der Waals surface area contributed by atoms with E-state index >= 15 is 0 Å². The minimum atomic E-state index is -4.13. The number of carbonyl (C=O) groups is 2. The van der Waals surface area contributed by atoms with Gasteiger partial charge < -0.3 is 15.2 Å². The number of nitrogens with zero attached hydrogens (tertiary/aromatic N) is 2. The van der Waals surface area contributed by atoms with Gasteiger partial charge in [-0.2, -0.15) is 5.10 Å². The van der Waals surface area contributed by atoms with Gasteiger partial charge in [0.2, 0.25) is 0 Å². The summed E-state index contributed by atoms with van der Waals surface area (Å²) in [6.45, 7) is 0. The topological polar surface area (TPSA) is 140 Å². The summed E-state index contributed by atoms with van der Waals surface area (Å²) in [4.78, 5) is 25.5. The summed E-state index contributed by atoms with van der Waals surface area (Å²) in [5.41, 5.74) is 2.73. The Hall–Kier alpha value is -5.91. The number of aromatic nitrogens is 2. The molecule has 1 amide bonds. The summed E-state index contributed by atoms with van der Waals surface area (Å²) < 4.78 is 36.8. The second kappa shape index (κ2) is 14.5. The highest BCUT2D eigenvalue weighted by Gasteiger charge is 2.24. The third-order valence-corrected chi connectivity index (χ3v) is 9.17. The van der Waals surface area contributed by atoms with Gasteiger partial charge in [-0.25, -0.2) is 13.1 Å².